The Labute approximate surface area is 183 Å². The highest BCUT2D eigenvalue weighted by Crippen LogP contribution is 2.17. The summed E-state index contributed by atoms with van der Waals surface area (Å²) in [5.74, 6) is -1.42. The third-order valence-electron chi connectivity index (χ3n) is 4.05. The van der Waals surface area contributed by atoms with Gasteiger partial charge in [0.1, 0.15) is 5.56 Å². The van der Waals surface area contributed by atoms with Crippen molar-refractivity contribution in [3.63, 3.8) is 0 Å². The van der Waals surface area contributed by atoms with Gasteiger partial charge in [-0.25, -0.2) is 0 Å². The second kappa shape index (κ2) is 11.4. The Morgan fingerprint density at radius 1 is 1.00 bits per heavy atom. The summed E-state index contributed by atoms with van der Waals surface area (Å²) in [5, 5.41) is 15.8. The highest BCUT2D eigenvalue weighted by atomic mass is 32.1. The summed E-state index contributed by atoms with van der Waals surface area (Å²) in [6, 6.07) is 11.6. The molecular formula is C20H21N5O5S. The SMILES string of the molecule is CCCCC(=O)Nc1ccc(C(=O)NNC(=S)NC(=O)c2ccccc2[N+](=O)[O-])cc1. The molecule has 0 spiro atoms. The minimum Gasteiger partial charge on any atom is -0.326 e. The second-order valence-electron chi connectivity index (χ2n) is 6.37. The van der Waals surface area contributed by atoms with E-state index in [4.69, 9.17) is 12.2 Å². The molecule has 3 amide bonds. The average Bonchev–Trinajstić information content (AvgIpc) is 2.76. The topological polar surface area (TPSA) is 142 Å². The van der Waals surface area contributed by atoms with Gasteiger partial charge in [-0.3, -0.25) is 40.7 Å². The third-order valence-corrected chi connectivity index (χ3v) is 4.25. The molecule has 0 aliphatic rings. The van der Waals surface area contributed by atoms with Crippen molar-refractivity contribution in [3.05, 3.63) is 69.8 Å². The van der Waals surface area contributed by atoms with Crippen molar-refractivity contribution in [3.8, 4) is 0 Å². The molecule has 2 aromatic carbocycles. The largest absolute Gasteiger partial charge is 0.326 e. The van der Waals surface area contributed by atoms with E-state index in [1.165, 1.54) is 36.4 Å². The number of benzene rings is 2. The number of hydrazine groups is 1. The number of nitrogens with zero attached hydrogens (tertiary/aromatic N) is 1. The molecule has 0 heterocycles. The normalized spacial score (nSPS) is 9.97. The van der Waals surface area contributed by atoms with Gasteiger partial charge < -0.3 is 5.32 Å². The summed E-state index contributed by atoms with van der Waals surface area (Å²) in [6.07, 6.45) is 2.15. The van der Waals surface area contributed by atoms with Crippen LogP contribution in [-0.4, -0.2) is 27.8 Å². The highest BCUT2D eigenvalue weighted by molar-refractivity contribution is 7.80. The average molecular weight is 443 g/mol. The zero-order valence-electron chi connectivity index (χ0n) is 16.6. The maximum atomic E-state index is 12.2. The molecule has 2 rings (SSSR count). The van der Waals surface area contributed by atoms with Gasteiger partial charge in [-0.15, -0.1) is 0 Å². The van der Waals surface area contributed by atoms with Gasteiger partial charge in [-0.05, 0) is 49.0 Å². The van der Waals surface area contributed by atoms with Gasteiger partial charge in [0, 0.05) is 23.7 Å². The van der Waals surface area contributed by atoms with Gasteiger partial charge in [-0.2, -0.15) is 0 Å². The highest BCUT2D eigenvalue weighted by Gasteiger charge is 2.20. The van der Waals surface area contributed by atoms with Crippen molar-refractivity contribution in [1.29, 1.82) is 0 Å². The lowest BCUT2D eigenvalue weighted by Crippen LogP contribution is -2.48. The van der Waals surface area contributed by atoms with Crippen LogP contribution >= 0.6 is 12.2 Å². The first-order chi connectivity index (χ1) is 14.8. The van der Waals surface area contributed by atoms with E-state index in [1.807, 2.05) is 6.92 Å². The summed E-state index contributed by atoms with van der Waals surface area (Å²) in [5.41, 5.74) is 4.99. The molecule has 11 heteroatoms. The maximum absolute atomic E-state index is 12.2. The molecule has 0 unspecified atom stereocenters. The van der Waals surface area contributed by atoms with Crippen LogP contribution in [0.25, 0.3) is 0 Å². The lowest BCUT2D eigenvalue weighted by Gasteiger charge is -2.11. The smallest absolute Gasteiger partial charge is 0.282 e. The summed E-state index contributed by atoms with van der Waals surface area (Å²) >= 11 is 4.94. The molecule has 0 saturated heterocycles. The van der Waals surface area contributed by atoms with Crippen LogP contribution in [0.1, 0.15) is 46.9 Å². The molecule has 0 saturated carbocycles. The summed E-state index contributed by atoms with van der Waals surface area (Å²) in [6.45, 7) is 2.00. The Kier molecular flexibility index (Phi) is 8.58. The number of hydrogen-bond donors (Lipinski definition) is 4. The van der Waals surface area contributed by atoms with Crippen LogP contribution in [0.4, 0.5) is 11.4 Å². The summed E-state index contributed by atoms with van der Waals surface area (Å²) < 4.78 is 0. The second-order valence-corrected chi connectivity index (χ2v) is 6.77. The number of nitro groups is 1. The number of nitrogens with one attached hydrogen (secondary N) is 4. The molecule has 31 heavy (non-hydrogen) atoms. The summed E-state index contributed by atoms with van der Waals surface area (Å²) in [7, 11) is 0. The summed E-state index contributed by atoms with van der Waals surface area (Å²) in [4.78, 5) is 46.5. The van der Waals surface area contributed by atoms with Gasteiger partial charge in [0.05, 0.1) is 4.92 Å². The van der Waals surface area contributed by atoms with E-state index >= 15 is 0 Å². The van der Waals surface area contributed by atoms with Gasteiger partial charge in [0.25, 0.3) is 17.5 Å². The quantitative estimate of drug-likeness (QED) is 0.293. The van der Waals surface area contributed by atoms with Crippen molar-refractivity contribution < 1.29 is 19.3 Å². The van der Waals surface area contributed by atoms with Crippen molar-refractivity contribution in [2.75, 3.05) is 5.32 Å². The molecule has 0 atom stereocenters. The Hall–Kier alpha value is -3.86. The van der Waals surface area contributed by atoms with Crippen LogP contribution < -0.4 is 21.5 Å². The molecule has 0 bridgehead atoms. The molecule has 2 aromatic rings. The standard InChI is InChI=1S/C20H21N5O5S/c1-2-3-8-17(26)21-14-11-9-13(10-12-14)18(27)23-24-20(31)22-19(28)15-6-4-5-7-16(15)25(29)30/h4-7,9-12H,2-3,8H2,1H3,(H,21,26)(H,23,27)(H2,22,24,28,31). The molecule has 0 fully saturated rings. The Morgan fingerprint density at radius 2 is 1.68 bits per heavy atom. The number of carbonyl (C=O) groups is 3. The van der Waals surface area contributed by atoms with Crippen LogP contribution in [0.5, 0.6) is 0 Å². The fraction of sp³-hybridized carbons (Fsp3) is 0.200. The van der Waals surface area contributed by atoms with Crippen LogP contribution in [0.2, 0.25) is 0 Å². The number of nitro benzene ring substituents is 1. The van der Waals surface area contributed by atoms with E-state index < -0.39 is 16.7 Å². The van der Waals surface area contributed by atoms with Crippen LogP contribution in [0.15, 0.2) is 48.5 Å². The van der Waals surface area contributed by atoms with Crippen molar-refractivity contribution >= 4 is 46.4 Å². The first-order valence-corrected chi connectivity index (χ1v) is 9.77. The van der Waals surface area contributed by atoms with Gasteiger partial charge in [0.15, 0.2) is 5.11 Å². The minimum absolute atomic E-state index is 0.0968. The zero-order chi connectivity index (χ0) is 22.8. The third kappa shape index (κ3) is 7.16. The fourth-order valence-electron chi connectivity index (χ4n) is 2.48. The zero-order valence-corrected chi connectivity index (χ0v) is 17.5. The van der Waals surface area contributed by atoms with Gasteiger partial charge in [-0.1, -0.05) is 25.5 Å². The van der Waals surface area contributed by atoms with E-state index in [0.29, 0.717) is 12.1 Å². The van der Waals surface area contributed by atoms with Gasteiger partial charge in [0.2, 0.25) is 5.91 Å². The number of carbonyl (C=O) groups excluding carboxylic acids is 3. The first-order valence-electron chi connectivity index (χ1n) is 9.36. The van der Waals surface area contributed by atoms with Crippen LogP contribution in [0, 0.1) is 10.1 Å². The van der Waals surface area contributed by atoms with Crippen LogP contribution in [0.3, 0.4) is 0 Å². The first kappa shape index (κ1) is 23.4. The molecule has 4 N–H and O–H groups in total. The molecule has 10 nitrogen and oxygen atoms in total. The van der Waals surface area contributed by atoms with E-state index in [2.05, 4.69) is 21.5 Å². The Balaban J connectivity index is 1.87. The predicted molar refractivity (Wildman–Crippen MR) is 118 cm³/mol. The molecule has 162 valence electrons. The fourth-order valence-corrected chi connectivity index (χ4v) is 2.62. The number of anilines is 1. The van der Waals surface area contributed by atoms with Crippen molar-refractivity contribution in [1.82, 2.24) is 16.2 Å². The Morgan fingerprint density at radius 3 is 2.32 bits per heavy atom. The number of amides is 3. The monoisotopic (exact) mass is 443 g/mol. The van der Waals surface area contributed by atoms with Crippen molar-refractivity contribution in [2.24, 2.45) is 0 Å². The van der Waals surface area contributed by atoms with E-state index in [-0.39, 0.29) is 27.8 Å². The Bertz CT molecular complexity index is 994. The van der Waals surface area contributed by atoms with E-state index in [1.54, 1.807) is 12.1 Å². The number of hydrogen-bond acceptors (Lipinski definition) is 6. The lowest BCUT2D eigenvalue weighted by atomic mass is 10.1. The number of rotatable bonds is 7. The number of thiocarbonyl (C=S) groups is 1. The minimum atomic E-state index is -0.790. The molecule has 0 radical (unpaired) electrons. The molecule has 0 aliphatic carbocycles. The number of unbranched alkanes of at least 4 members (excludes halogenated alkanes) is 1. The number of para-hydroxylation sites is 1. The van der Waals surface area contributed by atoms with Crippen molar-refractivity contribution in [2.45, 2.75) is 26.2 Å². The van der Waals surface area contributed by atoms with Gasteiger partial charge >= 0.3 is 0 Å². The predicted octanol–water partition coefficient (Wildman–Crippen LogP) is 2.67. The van der Waals surface area contributed by atoms with Crippen LogP contribution in [-0.2, 0) is 4.79 Å². The molecular weight excluding hydrogens is 422 g/mol. The molecule has 0 aliphatic heterocycles. The van der Waals surface area contributed by atoms with E-state index in [0.717, 1.165) is 12.8 Å². The molecule has 0 aromatic heterocycles. The van der Waals surface area contributed by atoms with E-state index in [9.17, 15) is 24.5 Å². The maximum Gasteiger partial charge on any atom is 0.282 e. The lowest BCUT2D eigenvalue weighted by molar-refractivity contribution is -0.385.